The molecule has 0 N–H and O–H groups in total. The molecule has 2 aromatic carbocycles. The number of carbonyl (C=O) groups is 1. The van der Waals surface area contributed by atoms with E-state index in [-0.39, 0.29) is 29.2 Å². The Kier molecular flexibility index (Phi) is 3.35. The van der Waals surface area contributed by atoms with Gasteiger partial charge in [-0.05, 0) is 30.2 Å². The summed E-state index contributed by atoms with van der Waals surface area (Å²) in [4.78, 5) is 12.9. The molecule has 1 fully saturated rings. The SMILES string of the molecule is Cc1ccc(S(=O)(=O)N2CC3C=C(c4ccccc4)C3C2=O)cc1. The van der Waals surface area contributed by atoms with Gasteiger partial charge in [0.15, 0.2) is 0 Å². The number of benzene rings is 2. The minimum Gasteiger partial charge on any atom is -0.273 e. The normalized spacial score (nSPS) is 22.8. The fourth-order valence-electron chi connectivity index (χ4n) is 3.41. The predicted molar refractivity (Wildman–Crippen MR) is 91.5 cm³/mol. The number of rotatable bonds is 3. The maximum absolute atomic E-state index is 12.8. The molecule has 2 atom stereocenters. The lowest BCUT2D eigenvalue weighted by Gasteiger charge is -2.27. The molecule has 24 heavy (non-hydrogen) atoms. The van der Waals surface area contributed by atoms with E-state index in [0.29, 0.717) is 0 Å². The molecular formula is C19H17NO3S. The molecule has 0 saturated carbocycles. The van der Waals surface area contributed by atoms with Gasteiger partial charge in [0, 0.05) is 12.5 Å². The van der Waals surface area contributed by atoms with Crippen molar-refractivity contribution in [2.24, 2.45) is 11.8 Å². The van der Waals surface area contributed by atoms with Crippen molar-refractivity contribution in [2.75, 3.05) is 6.54 Å². The summed E-state index contributed by atoms with van der Waals surface area (Å²) < 4.78 is 26.6. The van der Waals surface area contributed by atoms with Crippen molar-refractivity contribution >= 4 is 21.5 Å². The van der Waals surface area contributed by atoms with Crippen molar-refractivity contribution < 1.29 is 13.2 Å². The highest BCUT2D eigenvalue weighted by molar-refractivity contribution is 7.89. The Morgan fingerprint density at radius 2 is 1.67 bits per heavy atom. The standard InChI is InChI=1S/C19H17NO3S/c1-13-7-9-16(10-8-13)24(22,23)20-12-15-11-17(18(15)19(20)21)14-5-3-2-4-6-14/h2-11,15,18H,12H2,1H3. The fraction of sp³-hybridized carbons (Fsp3) is 0.211. The molecular weight excluding hydrogens is 322 g/mol. The summed E-state index contributed by atoms with van der Waals surface area (Å²) in [5, 5.41) is 0. The van der Waals surface area contributed by atoms with Gasteiger partial charge in [0.1, 0.15) is 0 Å². The molecule has 1 aliphatic heterocycles. The molecule has 2 aromatic rings. The molecule has 2 aliphatic rings. The van der Waals surface area contributed by atoms with Gasteiger partial charge >= 0.3 is 0 Å². The molecule has 122 valence electrons. The van der Waals surface area contributed by atoms with Gasteiger partial charge in [-0.2, -0.15) is 0 Å². The van der Waals surface area contributed by atoms with Crippen LogP contribution >= 0.6 is 0 Å². The average molecular weight is 339 g/mol. The third kappa shape index (κ3) is 2.19. The van der Waals surface area contributed by atoms with Crippen LogP contribution in [0.2, 0.25) is 0 Å². The maximum Gasteiger partial charge on any atom is 0.266 e. The van der Waals surface area contributed by atoms with Gasteiger partial charge in [0.25, 0.3) is 10.0 Å². The van der Waals surface area contributed by atoms with Crippen LogP contribution in [0.3, 0.4) is 0 Å². The van der Waals surface area contributed by atoms with Crippen LogP contribution in [0, 0.1) is 18.8 Å². The van der Waals surface area contributed by atoms with Gasteiger partial charge in [-0.1, -0.05) is 54.1 Å². The largest absolute Gasteiger partial charge is 0.273 e. The molecule has 1 heterocycles. The van der Waals surface area contributed by atoms with E-state index in [1.807, 2.05) is 43.3 Å². The Labute approximate surface area is 141 Å². The van der Waals surface area contributed by atoms with Crippen LogP contribution in [0.25, 0.3) is 5.57 Å². The van der Waals surface area contributed by atoms with Crippen molar-refractivity contribution in [3.8, 4) is 0 Å². The molecule has 4 rings (SSSR count). The monoisotopic (exact) mass is 339 g/mol. The lowest BCUT2D eigenvalue weighted by Crippen LogP contribution is -2.34. The summed E-state index contributed by atoms with van der Waals surface area (Å²) in [6, 6.07) is 16.3. The van der Waals surface area contributed by atoms with Crippen LogP contribution in [-0.2, 0) is 14.8 Å². The second-order valence-corrected chi connectivity index (χ2v) is 8.18. The molecule has 0 radical (unpaired) electrons. The van der Waals surface area contributed by atoms with Crippen molar-refractivity contribution in [3.05, 3.63) is 71.8 Å². The molecule has 1 amide bonds. The number of fused-ring (bicyclic) bond motifs is 1. The van der Waals surface area contributed by atoms with Crippen molar-refractivity contribution in [3.63, 3.8) is 0 Å². The van der Waals surface area contributed by atoms with E-state index < -0.39 is 10.0 Å². The van der Waals surface area contributed by atoms with Gasteiger partial charge < -0.3 is 0 Å². The first-order chi connectivity index (χ1) is 11.5. The maximum atomic E-state index is 12.8. The van der Waals surface area contributed by atoms with Gasteiger partial charge in [0.05, 0.1) is 10.8 Å². The van der Waals surface area contributed by atoms with Gasteiger partial charge in [0.2, 0.25) is 5.91 Å². The molecule has 4 nitrogen and oxygen atoms in total. The molecule has 0 bridgehead atoms. The van der Waals surface area contributed by atoms with E-state index in [1.165, 1.54) is 0 Å². The van der Waals surface area contributed by atoms with Crippen LogP contribution in [0.5, 0.6) is 0 Å². The minimum absolute atomic E-state index is 0.0204. The van der Waals surface area contributed by atoms with Crippen LogP contribution in [0.1, 0.15) is 11.1 Å². The first-order valence-corrected chi connectivity index (χ1v) is 9.33. The Morgan fingerprint density at radius 1 is 1.00 bits per heavy atom. The van der Waals surface area contributed by atoms with E-state index in [2.05, 4.69) is 0 Å². The van der Waals surface area contributed by atoms with Crippen LogP contribution in [0.15, 0.2) is 65.6 Å². The smallest absolute Gasteiger partial charge is 0.266 e. The lowest BCUT2D eigenvalue weighted by molar-refractivity contribution is -0.125. The third-order valence-electron chi connectivity index (χ3n) is 4.76. The highest BCUT2D eigenvalue weighted by atomic mass is 32.2. The Morgan fingerprint density at radius 3 is 2.33 bits per heavy atom. The zero-order chi connectivity index (χ0) is 16.9. The summed E-state index contributed by atoms with van der Waals surface area (Å²) in [7, 11) is -3.79. The van der Waals surface area contributed by atoms with E-state index in [1.54, 1.807) is 24.3 Å². The van der Waals surface area contributed by atoms with Crippen molar-refractivity contribution in [1.82, 2.24) is 4.31 Å². The highest BCUT2D eigenvalue weighted by Gasteiger charge is 2.51. The molecule has 0 spiro atoms. The number of aryl methyl sites for hydroxylation is 1. The summed E-state index contributed by atoms with van der Waals surface area (Å²) >= 11 is 0. The summed E-state index contributed by atoms with van der Waals surface area (Å²) in [5.74, 6) is -0.678. The van der Waals surface area contributed by atoms with Crippen LogP contribution in [-0.4, -0.2) is 25.2 Å². The second kappa shape index (κ2) is 5.31. The number of nitrogens with zero attached hydrogens (tertiary/aromatic N) is 1. The van der Waals surface area contributed by atoms with E-state index in [9.17, 15) is 13.2 Å². The van der Waals surface area contributed by atoms with E-state index in [0.717, 1.165) is 21.0 Å². The molecule has 5 heteroatoms. The van der Waals surface area contributed by atoms with Crippen LogP contribution in [0.4, 0.5) is 0 Å². The molecule has 2 unspecified atom stereocenters. The van der Waals surface area contributed by atoms with Crippen molar-refractivity contribution in [2.45, 2.75) is 11.8 Å². The van der Waals surface area contributed by atoms with E-state index in [4.69, 9.17) is 0 Å². The molecule has 1 aliphatic carbocycles. The quantitative estimate of drug-likeness (QED) is 0.864. The van der Waals surface area contributed by atoms with Crippen molar-refractivity contribution in [1.29, 1.82) is 0 Å². The fourth-order valence-corrected chi connectivity index (χ4v) is 4.87. The first-order valence-electron chi connectivity index (χ1n) is 7.89. The van der Waals surface area contributed by atoms with Gasteiger partial charge in [-0.25, -0.2) is 12.7 Å². The minimum atomic E-state index is -3.79. The molecule has 1 saturated heterocycles. The average Bonchev–Trinajstić information content (AvgIpc) is 2.80. The molecule has 0 aromatic heterocycles. The van der Waals surface area contributed by atoms with Crippen LogP contribution < -0.4 is 0 Å². The lowest BCUT2D eigenvalue weighted by atomic mass is 9.74. The second-order valence-electron chi connectivity index (χ2n) is 6.32. The summed E-state index contributed by atoms with van der Waals surface area (Å²) in [6.45, 7) is 2.13. The van der Waals surface area contributed by atoms with E-state index >= 15 is 0 Å². The number of sulfonamides is 1. The number of hydrogen-bond acceptors (Lipinski definition) is 3. The summed E-state index contributed by atoms with van der Waals surface area (Å²) in [5.41, 5.74) is 2.91. The zero-order valence-corrected chi connectivity index (χ0v) is 14.0. The Hall–Kier alpha value is -2.40. The Balaban J connectivity index is 1.63. The third-order valence-corrected chi connectivity index (χ3v) is 6.54. The first kappa shape index (κ1) is 15.1. The zero-order valence-electron chi connectivity index (χ0n) is 13.2. The number of carbonyl (C=O) groups excluding carboxylic acids is 1. The predicted octanol–water partition coefficient (Wildman–Crippen LogP) is 2.86. The van der Waals surface area contributed by atoms with Gasteiger partial charge in [-0.3, -0.25) is 4.79 Å². The number of hydrogen-bond donors (Lipinski definition) is 0. The Bertz CT molecular complexity index is 930. The topological polar surface area (TPSA) is 54.5 Å². The summed E-state index contributed by atoms with van der Waals surface area (Å²) in [6.07, 6.45) is 2.02. The highest BCUT2D eigenvalue weighted by Crippen LogP contribution is 2.47. The number of amides is 1. The van der Waals surface area contributed by atoms with Gasteiger partial charge in [-0.15, -0.1) is 0 Å².